The van der Waals surface area contributed by atoms with Gasteiger partial charge >= 0.3 is 0 Å². The van der Waals surface area contributed by atoms with Crippen molar-refractivity contribution in [2.45, 2.75) is 19.4 Å². The average molecular weight is 171 g/mol. The van der Waals surface area contributed by atoms with Crippen molar-refractivity contribution in [1.82, 2.24) is 4.90 Å². The van der Waals surface area contributed by atoms with Crippen LogP contribution in [0, 0.1) is 5.92 Å². The van der Waals surface area contributed by atoms with Gasteiger partial charge in [0.15, 0.2) is 0 Å². The number of aliphatic hydroxyl groups is 1. The molecular formula is C8H13NO3. The third-order valence-corrected chi connectivity index (χ3v) is 1.91. The van der Waals surface area contributed by atoms with Gasteiger partial charge in [0, 0.05) is 19.0 Å². The van der Waals surface area contributed by atoms with Crippen LogP contribution in [-0.4, -0.2) is 40.9 Å². The molecule has 1 heterocycles. The van der Waals surface area contributed by atoms with E-state index in [2.05, 4.69) is 0 Å². The van der Waals surface area contributed by atoms with Crippen molar-refractivity contribution in [3.05, 3.63) is 0 Å². The highest BCUT2D eigenvalue weighted by molar-refractivity contribution is 5.85. The highest BCUT2D eigenvalue weighted by Gasteiger charge is 2.37. The third-order valence-electron chi connectivity index (χ3n) is 1.91. The van der Waals surface area contributed by atoms with Crippen molar-refractivity contribution in [1.29, 1.82) is 0 Å². The van der Waals surface area contributed by atoms with Crippen LogP contribution in [0.5, 0.6) is 0 Å². The molecule has 0 spiro atoms. The van der Waals surface area contributed by atoms with E-state index in [1.807, 2.05) is 0 Å². The van der Waals surface area contributed by atoms with E-state index >= 15 is 0 Å². The Balaban J connectivity index is 2.43. The first kappa shape index (κ1) is 9.19. The van der Waals surface area contributed by atoms with E-state index in [0.29, 0.717) is 13.1 Å². The van der Waals surface area contributed by atoms with Crippen molar-refractivity contribution in [2.75, 3.05) is 13.1 Å². The van der Waals surface area contributed by atoms with Gasteiger partial charge in [-0.05, 0) is 13.8 Å². The summed E-state index contributed by atoms with van der Waals surface area (Å²) in [7, 11) is 0. The van der Waals surface area contributed by atoms with Gasteiger partial charge in [0.25, 0.3) is 5.91 Å². The highest BCUT2D eigenvalue weighted by Crippen LogP contribution is 2.17. The quantitative estimate of drug-likeness (QED) is 0.565. The van der Waals surface area contributed by atoms with Gasteiger partial charge < -0.3 is 14.8 Å². The largest absolute Gasteiger partial charge is 0.381 e. The van der Waals surface area contributed by atoms with Crippen molar-refractivity contribution < 1.29 is 14.7 Å². The zero-order valence-electron chi connectivity index (χ0n) is 7.28. The first-order chi connectivity index (χ1) is 5.45. The van der Waals surface area contributed by atoms with Gasteiger partial charge in [-0.25, -0.2) is 0 Å². The molecular weight excluding hydrogens is 158 g/mol. The Morgan fingerprint density at radius 1 is 1.58 bits per heavy atom. The highest BCUT2D eigenvalue weighted by atomic mass is 16.3. The molecule has 1 aliphatic rings. The molecule has 0 unspecified atom stereocenters. The normalized spacial score (nSPS) is 18.8. The summed E-state index contributed by atoms with van der Waals surface area (Å²) in [5.41, 5.74) is -1.31. The van der Waals surface area contributed by atoms with Crippen LogP contribution in [0.4, 0.5) is 0 Å². The Labute approximate surface area is 71.2 Å². The van der Waals surface area contributed by atoms with E-state index in [-0.39, 0.29) is 11.8 Å². The molecule has 12 heavy (non-hydrogen) atoms. The Kier molecular flexibility index (Phi) is 2.19. The number of hydrogen-bond donors (Lipinski definition) is 1. The number of carbonyl (C=O) groups excluding carboxylic acids is 2. The Morgan fingerprint density at radius 2 is 2.08 bits per heavy atom. The van der Waals surface area contributed by atoms with E-state index in [1.54, 1.807) is 0 Å². The molecule has 1 rings (SSSR count). The van der Waals surface area contributed by atoms with Crippen LogP contribution in [0.25, 0.3) is 0 Å². The summed E-state index contributed by atoms with van der Waals surface area (Å²) < 4.78 is 0. The lowest BCUT2D eigenvalue weighted by Crippen LogP contribution is -2.56. The Morgan fingerprint density at radius 3 is 2.42 bits per heavy atom. The van der Waals surface area contributed by atoms with Crippen molar-refractivity contribution in [3.8, 4) is 0 Å². The zero-order valence-corrected chi connectivity index (χ0v) is 7.28. The standard InChI is InChI=1S/C8H13NO3/c1-8(2,12)7(11)9-3-6(4-9)5-10/h5-6,12H,3-4H2,1-2H3. The molecule has 1 fully saturated rings. The predicted octanol–water partition coefficient (Wildman–Crippen LogP) is -0.585. The minimum Gasteiger partial charge on any atom is -0.381 e. The Bertz CT molecular complexity index is 201. The van der Waals surface area contributed by atoms with Crippen molar-refractivity contribution in [3.63, 3.8) is 0 Å². The average Bonchev–Trinajstić information content (AvgIpc) is 1.83. The molecule has 0 saturated carbocycles. The minimum atomic E-state index is -1.31. The summed E-state index contributed by atoms with van der Waals surface area (Å²) >= 11 is 0. The predicted molar refractivity (Wildman–Crippen MR) is 42.4 cm³/mol. The van der Waals surface area contributed by atoms with E-state index < -0.39 is 5.60 Å². The van der Waals surface area contributed by atoms with Gasteiger partial charge in [0.2, 0.25) is 0 Å². The zero-order chi connectivity index (χ0) is 9.35. The summed E-state index contributed by atoms with van der Waals surface area (Å²) in [4.78, 5) is 23.0. The van der Waals surface area contributed by atoms with Gasteiger partial charge in [0.05, 0.1) is 0 Å². The van der Waals surface area contributed by atoms with Crippen LogP contribution in [0.2, 0.25) is 0 Å². The van der Waals surface area contributed by atoms with Crippen LogP contribution in [0.3, 0.4) is 0 Å². The molecule has 4 heteroatoms. The van der Waals surface area contributed by atoms with E-state index in [1.165, 1.54) is 18.7 Å². The molecule has 0 radical (unpaired) electrons. The lowest BCUT2D eigenvalue weighted by molar-refractivity contribution is -0.155. The van der Waals surface area contributed by atoms with Gasteiger partial charge in [0.1, 0.15) is 11.9 Å². The van der Waals surface area contributed by atoms with Gasteiger partial charge in [-0.15, -0.1) is 0 Å². The second-order valence-electron chi connectivity index (χ2n) is 3.67. The third kappa shape index (κ3) is 1.64. The molecule has 1 aliphatic heterocycles. The van der Waals surface area contributed by atoms with Crippen LogP contribution in [-0.2, 0) is 9.59 Å². The number of rotatable bonds is 2. The van der Waals surface area contributed by atoms with E-state index in [0.717, 1.165) is 6.29 Å². The summed E-state index contributed by atoms with van der Waals surface area (Å²) in [5.74, 6) is -0.336. The topological polar surface area (TPSA) is 57.6 Å². The lowest BCUT2D eigenvalue weighted by Gasteiger charge is -2.39. The fourth-order valence-corrected chi connectivity index (χ4v) is 1.15. The van der Waals surface area contributed by atoms with Crippen LogP contribution >= 0.6 is 0 Å². The maximum Gasteiger partial charge on any atom is 0.253 e. The van der Waals surface area contributed by atoms with Crippen molar-refractivity contribution >= 4 is 12.2 Å². The van der Waals surface area contributed by atoms with Gasteiger partial charge in [-0.2, -0.15) is 0 Å². The molecule has 1 N–H and O–H groups in total. The maximum absolute atomic E-state index is 11.3. The fourth-order valence-electron chi connectivity index (χ4n) is 1.15. The molecule has 68 valence electrons. The molecule has 0 aromatic carbocycles. The smallest absolute Gasteiger partial charge is 0.253 e. The number of nitrogens with zero attached hydrogens (tertiary/aromatic N) is 1. The van der Waals surface area contributed by atoms with E-state index in [9.17, 15) is 14.7 Å². The number of aldehydes is 1. The number of likely N-dealkylation sites (tertiary alicyclic amines) is 1. The number of amides is 1. The lowest BCUT2D eigenvalue weighted by atomic mass is 9.98. The first-order valence-corrected chi connectivity index (χ1v) is 3.92. The second kappa shape index (κ2) is 2.86. The van der Waals surface area contributed by atoms with Gasteiger partial charge in [-0.3, -0.25) is 4.79 Å². The molecule has 0 aromatic rings. The Hall–Kier alpha value is -0.900. The SMILES string of the molecule is CC(C)(O)C(=O)N1CC(C=O)C1. The van der Waals surface area contributed by atoms with Crippen LogP contribution in [0.1, 0.15) is 13.8 Å². The second-order valence-corrected chi connectivity index (χ2v) is 3.67. The molecule has 0 aromatic heterocycles. The monoisotopic (exact) mass is 171 g/mol. The molecule has 0 bridgehead atoms. The molecule has 1 amide bonds. The summed E-state index contributed by atoms with van der Waals surface area (Å²) in [6, 6.07) is 0. The number of carbonyl (C=O) groups is 2. The van der Waals surface area contributed by atoms with Crippen LogP contribution in [0.15, 0.2) is 0 Å². The molecule has 0 aliphatic carbocycles. The van der Waals surface area contributed by atoms with Crippen molar-refractivity contribution in [2.24, 2.45) is 5.92 Å². The van der Waals surface area contributed by atoms with Crippen LogP contribution < -0.4 is 0 Å². The summed E-state index contributed by atoms with van der Waals surface area (Å²) in [6.07, 6.45) is 0.841. The maximum atomic E-state index is 11.3. The summed E-state index contributed by atoms with van der Waals surface area (Å²) in [6.45, 7) is 3.80. The molecule has 4 nitrogen and oxygen atoms in total. The molecule has 0 atom stereocenters. The van der Waals surface area contributed by atoms with Gasteiger partial charge in [-0.1, -0.05) is 0 Å². The molecule has 1 saturated heterocycles. The summed E-state index contributed by atoms with van der Waals surface area (Å²) in [5, 5.41) is 9.30. The first-order valence-electron chi connectivity index (χ1n) is 3.92. The fraction of sp³-hybridized carbons (Fsp3) is 0.750. The minimum absolute atomic E-state index is 0.0312. The van der Waals surface area contributed by atoms with E-state index in [4.69, 9.17) is 0 Å². The number of hydrogen-bond acceptors (Lipinski definition) is 3.